The van der Waals surface area contributed by atoms with Crippen molar-refractivity contribution in [2.75, 3.05) is 26.7 Å². The average Bonchev–Trinajstić information content (AvgIpc) is 3.18. The van der Waals surface area contributed by atoms with E-state index in [4.69, 9.17) is 4.74 Å². The van der Waals surface area contributed by atoms with Crippen molar-refractivity contribution in [2.24, 2.45) is 0 Å². The molecule has 1 aliphatic rings. The minimum atomic E-state index is -0.0240. The fraction of sp³-hybridized carbons (Fsp3) is 0.381. The first-order valence-electron chi connectivity index (χ1n) is 8.93. The second-order valence-corrected chi connectivity index (χ2v) is 6.51. The van der Waals surface area contributed by atoms with Crippen molar-refractivity contribution >= 4 is 5.91 Å². The molecule has 1 amide bonds. The Morgan fingerprint density at radius 1 is 1.08 bits per heavy atom. The highest BCUT2D eigenvalue weighted by Gasteiger charge is 2.23. The number of carbonyl (C=O) groups excluding carboxylic acids is 1. The molecule has 3 rings (SSSR count). The van der Waals surface area contributed by atoms with Crippen LogP contribution in [-0.2, 0) is 11.3 Å². The Bertz CT molecular complexity index is 664. The van der Waals surface area contributed by atoms with Gasteiger partial charge in [0.1, 0.15) is 0 Å². The van der Waals surface area contributed by atoms with Crippen molar-refractivity contribution in [3.05, 3.63) is 71.3 Å². The summed E-state index contributed by atoms with van der Waals surface area (Å²) in [7, 11) is 1.67. The Morgan fingerprint density at radius 3 is 2.40 bits per heavy atom. The molecule has 1 N–H and O–H groups in total. The highest BCUT2D eigenvalue weighted by molar-refractivity contribution is 5.94. The SMILES string of the molecule is COCc1ccc(C(=O)NCC(c2ccccc2)N2CCCC2)cc1. The summed E-state index contributed by atoms with van der Waals surface area (Å²) in [6.07, 6.45) is 2.47. The van der Waals surface area contributed by atoms with Crippen LogP contribution >= 0.6 is 0 Å². The van der Waals surface area contributed by atoms with Crippen molar-refractivity contribution in [3.63, 3.8) is 0 Å². The Morgan fingerprint density at radius 2 is 1.76 bits per heavy atom. The molecule has 1 unspecified atom stereocenters. The van der Waals surface area contributed by atoms with Crippen molar-refractivity contribution in [1.82, 2.24) is 10.2 Å². The van der Waals surface area contributed by atoms with Crippen LogP contribution in [0.25, 0.3) is 0 Å². The van der Waals surface area contributed by atoms with E-state index in [1.807, 2.05) is 30.3 Å². The van der Waals surface area contributed by atoms with Crippen LogP contribution in [0.3, 0.4) is 0 Å². The maximum atomic E-state index is 12.5. The molecule has 132 valence electrons. The van der Waals surface area contributed by atoms with E-state index in [1.54, 1.807) is 7.11 Å². The zero-order chi connectivity index (χ0) is 17.5. The summed E-state index contributed by atoms with van der Waals surface area (Å²) in [5.74, 6) is -0.0240. The second-order valence-electron chi connectivity index (χ2n) is 6.51. The molecule has 25 heavy (non-hydrogen) atoms. The second kappa shape index (κ2) is 8.79. The van der Waals surface area contributed by atoms with Gasteiger partial charge in [0.05, 0.1) is 12.6 Å². The number of hydrogen-bond donors (Lipinski definition) is 1. The maximum absolute atomic E-state index is 12.5. The molecular weight excluding hydrogens is 312 g/mol. The first-order valence-corrected chi connectivity index (χ1v) is 8.93. The fourth-order valence-electron chi connectivity index (χ4n) is 3.40. The number of nitrogens with one attached hydrogen (secondary N) is 1. The number of likely N-dealkylation sites (tertiary alicyclic amines) is 1. The lowest BCUT2D eigenvalue weighted by atomic mass is 10.1. The first-order chi connectivity index (χ1) is 12.3. The zero-order valence-corrected chi connectivity index (χ0v) is 14.8. The van der Waals surface area contributed by atoms with Crippen LogP contribution in [0.1, 0.15) is 40.4 Å². The number of hydrogen-bond acceptors (Lipinski definition) is 3. The molecule has 4 nitrogen and oxygen atoms in total. The van der Waals surface area contributed by atoms with Gasteiger partial charge in [0, 0.05) is 19.2 Å². The minimum absolute atomic E-state index is 0.0240. The number of rotatable bonds is 7. The van der Waals surface area contributed by atoms with E-state index < -0.39 is 0 Å². The molecule has 1 saturated heterocycles. The Hall–Kier alpha value is -2.17. The monoisotopic (exact) mass is 338 g/mol. The predicted octanol–water partition coefficient (Wildman–Crippen LogP) is 3.40. The number of amides is 1. The standard InChI is InChI=1S/C21H26N2O2/c1-25-16-17-9-11-19(12-10-17)21(24)22-15-20(23-13-5-6-14-23)18-7-3-2-4-8-18/h2-4,7-12,20H,5-6,13-16H2,1H3,(H,22,24). The molecule has 0 radical (unpaired) electrons. The van der Waals surface area contributed by atoms with Crippen LogP contribution in [0.5, 0.6) is 0 Å². The number of carbonyl (C=O) groups is 1. The first kappa shape index (κ1) is 17.6. The lowest BCUT2D eigenvalue weighted by Gasteiger charge is -2.28. The molecule has 1 fully saturated rings. The minimum Gasteiger partial charge on any atom is -0.380 e. The number of methoxy groups -OCH3 is 1. The summed E-state index contributed by atoms with van der Waals surface area (Å²) in [5.41, 5.74) is 3.02. The summed E-state index contributed by atoms with van der Waals surface area (Å²) in [5, 5.41) is 3.11. The van der Waals surface area contributed by atoms with Crippen LogP contribution in [0, 0.1) is 0 Å². The van der Waals surface area contributed by atoms with E-state index in [9.17, 15) is 4.79 Å². The van der Waals surface area contributed by atoms with Gasteiger partial charge >= 0.3 is 0 Å². The molecule has 0 aromatic heterocycles. The van der Waals surface area contributed by atoms with Crippen LogP contribution < -0.4 is 5.32 Å². The third-order valence-corrected chi connectivity index (χ3v) is 4.75. The molecular formula is C21H26N2O2. The predicted molar refractivity (Wildman–Crippen MR) is 99.5 cm³/mol. The highest BCUT2D eigenvalue weighted by atomic mass is 16.5. The van der Waals surface area contributed by atoms with Crippen molar-refractivity contribution in [3.8, 4) is 0 Å². The molecule has 0 aliphatic carbocycles. The molecule has 4 heteroatoms. The van der Waals surface area contributed by atoms with E-state index in [0.29, 0.717) is 18.7 Å². The summed E-state index contributed by atoms with van der Waals surface area (Å²) < 4.78 is 5.11. The Kier molecular flexibility index (Phi) is 6.20. The van der Waals surface area contributed by atoms with Crippen LogP contribution in [0.15, 0.2) is 54.6 Å². The van der Waals surface area contributed by atoms with Gasteiger partial charge in [0.2, 0.25) is 0 Å². The molecule has 0 bridgehead atoms. The van der Waals surface area contributed by atoms with E-state index in [2.05, 4.69) is 34.5 Å². The van der Waals surface area contributed by atoms with Crippen LogP contribution in [-0.4, -0.2) is 37.6 Å². The smallest absolute Gasteiger partial charge is 0.251 e. The number of ether oxygens (including phenoxy) is 1. The lowest BCUT2D eigenvalue weighted by molar-refractivity contribution is 0.0938. The molecule has 2 aromatic rings. The normalized spacial score (nSPS) is 15.9. The van der Waals surface area contributed by atoms with Gasteiger partial charge in [-0.2, -0.15) is 0 Å². The van der Waals surface area contributed by atoms with Crippen molar-refractivity contribution < 1.29 is 9.53 Å². The summed E-state index contributed by atoms with van der Waals surface area (Å²) in [6, 6.07) is 18.3. The van der Waals surface area contributed by atoms with Crippen LogP contribution in [0.2, 0.25) is 0 Å². The van der Waals surface area contributed by atoms with Gasteiger partial charge in [-0.25, -0.2) is 0 Å². The summed E-state index contributed by atoms with van der Waals surface area (Å²) >= 11 is 0. The average molecular weight is 338 g/mol. The van der Waals surface area contributed by atoms with Crippen molar-refractivity contribution in [2.45, 2.75) is 25.5 Å². The third-order valence-electron chi connectivity index (χ3n) is 4.75. The zero-order valence-electron chi connectivity index (χ0n) is 14.8. The van der Waals surface area contributed by atoms with Gasteiger partial charge in [-0.05, 0) is 49.2 Å². The summed E-state index contributed by atoms with van der Waals surface area (Å²) in [4.78, 5) is 15.0. The molecule has 0 saturated carbocycles. The van der Waals surface area contributed by atoms with Crippen molar-refractivity contribution in [1.29, 1.82) is 0 Å². The molecule has 1 aliphatic heterocycles. The quantitative estimate of drug-likeness (QED) is 0.841. The largest absolute Gasteiger partial charge is 0.380 e. The Balaban J connectivity index is 1.65. The van der Waals surface area contributed by atoms with E-state index in [-0.39, 0.29) is 11.9 Å². The maximum Gasteiger partial charge on any atom is 0.251 e. The lowest BCUT2D eigenvalue weighted by Crippen LogP contribution is -2.36. The molecule has 0 spiro atoms. The molecule has 1 heterocycles. The topological polar surface area (TPSA) is 41.6 Å². The van der Waals surface area contributed by atoms with Gasteiger partial charge in [0.25, 0.3) is 5.91 Å². The van der Waals surface area contributed by atoms with Gasteiger partial charge in [0.15, 0.2) is 0 Å². The molecule has 1 atom stereocenters. The number of benzene rings is 2. The fourth-order valence-corrected chi connectivity index (χ4v) is 3.40. The van der Waals surface area contributed by atoms with E-state index >= 15 is 0 Å². The van der Waals surface area contributed by atoms with Gasteiger partial charge in [-0.3, -0.25) is 9.69 Å². The highest BCUT2D eigenvalue weighted by Crippen LogP contribution is 2.24. The molecule has 2 aromatic carbocycles. The van der Waals surface area contributed by atoms with Gasteiger partial charge in [-0.15, -0.1) is 0 Å². The van der Waals surface area contributed by atoms with E-state index in [1.165, 1.54) is 18.4 Å². The number of nitrogens with zero attached hydrogens (tertiary/aromatic N) is 1. The van der Waals surface area contributed by atoms with Crippen LogP contribution in [0.4, 0.5) is 0 Å². The van der Waals surface area contributed by atoms with E-state index in [0.717, 1.165) is 18.7 Å². The third kappa shape index (κ3) is 4.68. The Labute approximate surface area is 149 Å². The summed E-state index contributed by atoms with van der Waals surface area (Å²) in [6.45, 7) is 3.39. The van der Waals surface area contributed by atoms with Gasteiger partial charge in [-0.1, -0.05) is 42.5 Å². The van der Waals surface area contributed by atoms with Gasteiger partial charge < -0.3 is 10.1 Å².